The molecule has 9 heteroatoms. The number of amides is 1. The van der Waals surface area contributed by atoms with Crippen LogP contribution in [0.5, 0.6) is 17.2 Å². The van der Waals surface area contributed by atoms with Crippen molar-refractivity contribution < 1.29 is 24.1 Å². The van der Waals surface area contributed by atoms with Crippen LogP contribution < -0.4 is 25.1 Å². The van der Waals surface area contributed by atoms with Gasteiger partial charge in [0.15, 0.2) is 18.1 Å². The van der Waals surface area contributed by atoms with E-state index in [2.05, 4.69) is 10.3 Å². The zero-order chi connectivity index (χ0) is 27.1. The Balaban J connectivity index is 1.34. The number of benzene rings is 3. The van der Waals surface area contributed by atoms with E-state index in [4.69, 9.17) is 14.2 Å². The van der Waals surface area contributed by atoms with Crippen molar-refractivity contribution in [2.45, 2.75) is 6.10 Å². The number of carbonyl (C=O) groups excluding carboxylic acids is 1. The number of nitrogens with one attached hydrogen (secondary N) is 1. The van der Waals surface area contributed by atoms with Crippen LogP contribution in [0, 0.1) is 0 Å². The Bertz CT molecular complexity index is 1900. The molecule has 2 N–H and O–H groups in total. The van der Waals surface area contributed by atoms with Crippen molar-refractivity contribution in [3.05, 3.63) is 88.8 Å². The fourth-order valence-electron chi connectivity index (χ4n) is 5.09. The topological polar surface area (TPSA) is 111 Å². The smallest absolute Gasteiger partial charge is 0.267 e. The van der Waals surface area contributed by atoms with Gasteiger partial charge in [-0.05, 0) is 42.0 Å². The Morgan fingerprint density at radius 1 is 1.00 bits per heavy atom. The van der Waals surface area contributed by atoms with Crippen molar-refractivity contribution in [1.29, 1.82) is 0 Å². The summed E-state index contributed by atoms with van der Waals surface area (Å²) in [5, 5.41) is 15.6. The molecule has 0 radical (unpaired) electrons. The van der Waals surface area contributed by atoms with Crippen LogP contribution in [0.25, 0.3) is 38.1 Å². The quantitative estimate of drug-likeness (QED) is 0.292. The summed E-state index contributed by atoms with van der Waals surface area (Å²) in [5.41, 5.74) is 2.52. The number of fused-ring (bicyclic) bond motifs is 5. The van der Waals surface area contributed by atoms with E-state index < -0.39 is 6.10 Å². The molecule has 9 nitrogen and oxygen atoms in total. The first kappa shape index (κ1) is 24.4. The van der Waals surface area contributed by atoms with Crippen molar-refractivity contribution in [3.8, 4) is 17.2 Å². The molecule has 0 aliphatic rings. The SMILES string of the molecule is COc1ccc2c(c1OC)c(=O)n1c3ccc(OCC(=O)NC[C@H](O)c4ccccc4)cc3c3ccnc2c31. The Labute approximate surface area is 222 Å². The Morgan fingerprint density at radius 2 is 1.82 bits per heavy atom. The van der Waals surface area contributed by atoms with Crippen molar-refractivity contribution in [2.75, 3.05) is 27.4 Å². The Morgan fingerprint density at radius 3 is 2.59 bits per heavy atom. The minimum atomic E-state index is -0.810. The second kappa shape index (κ2) is 9.77. The van der Waals surface area contributed by atoms with Crippen molar-refractivity contribution in [2.24, 2.45) is 0 Å². The van der Waals surface area contributed by atoms with E-state index in [9.17, 15) is 14.7 Å². The summed E-state index contributed by atoms with van der Waals surface area (Å²) in [4.78, 5) is 30.8. The van der Waals surface area contributed by atoms with Gasteiger partial charge in [-0.3, -0.25) is 19.0 Å². The van der Waals surface area contributed by atoms with Gasteiger partial charge in [0, 0.05) is 28.9 Å². The lowest BCUT2D eigenvalue weighted by atomic mass is 10.1. The van der Waals surface area contributed by atoms with Gasteiger partial charge < -0.3 is 24.6 Å². The molecule has 6 aromatic rings. The van der Waals surface area contributed by atoms with Crippen molar-refractivity contribution in [1.82, 2.24) is 14.7 Å². The summed E-state index contributed by atoms with van der Waals surface area (Å²) < 4.78 is 18.4. The number of aromatic nitrogens is 2. The molecule has 3 aromatic heterocycles. The maximum atomic E-state index is 13.8. The van der Waals surface area contributed by atoms with Gasteiger partial charge in [-0.15, -0.1) is 0 Å². The van der Waals surface area contributed by atoms with Crippen LogP contribution in [0.3, 0.4) is 0 Å². The number of aliphatic hydroxyl groups is 1. The molecule has 1 atom stereocenters. The molecule has 0 bridgehead atoms. The summed E-state index contributed by atoms with van der Waals surface area (Å²) in [6, 6.07) is 19.9. The van der Waals surface area contributed by atoms with Crippen LogP contribution >= 0.6 is 0 Å². The van der Waals surface area contributed by atoms with E-state index in [0.717, 1.165) is 16.3 Å². The molecule has 0 spiro atoms. The van der Waals surface area contributed by atoms with Gasteiger partial charge in [-0.1, -0.05) is 30.3 Å². The minimum Gasteiger partial charge on any atom is -0.493 e. The molecule has 0 fully saturated rings. The predicted octanol–water partition coefficient (Wildman–Crippen LogP) is 3.84. The third-order valence-corrected chi connectivity index (χ3v) is 6.91. The summed E-state index contributed by atoms with van der Waals surface area (Å²) in [6.07, 6.45) is 0.895. The van der Waals surface area contributed by atoms with E-state index in [1.54, 1.807) is 40.9 Å². The molecule has 1 amide bonds. The molecule has 0 saturated heterocycles. The molecule has 6 rings (SSSR count). The fourth-order valence-corrected chi connectivity index (χ4v) is 5.09. The largest absolute Gasteiger partial charge is 0.493 e. The molecular weight excluding hydrogens is 498 g/mol. The van der Waals surface area contributed by atoms with E-state index in [-0.39, 0.29) is 24.6 Å². The number of hydrogen-bond donors (Lipinski definition) is 2. The first-order valence-electron chi connectivity index (χ1n) is 12.4. The Kier molecular flexibility index (Phi) is 6.12. The van der Waals surface area contributed by atoms with Gasteiger partial charge in [0.1, 0.15) is 5.75 Å². The number of rotatable bonds is 8. The third kappa shape index (κ3) is 4.04. The minimum absolute atomic E-state index is 0.0748. The summed E-state index contributed by atoms with van der Waals surface area (Å²) >= 11 is 0. The lowest BCUT2D eigenvalue weighted by Crippen LogP contribution is -2.32. The number of nitrogens with zero attached hydrogens (tertiary/aromatic N) is 2. The molecule has 0 aliphatic heterocycles. The lowest BCUT2D eigenvalue weighted by Gasteiger charge is -2.12. The molecular formula is C30H25N3O6. The second-order valence-corrected chi connectivity index (χ2v) is 9.12. The van der Waals surface area contributed by atoms with Crippen molar-refractivity contribution >= 4 is 44.0 Å². The van der Waals surface area contributed by atoms with E-state index in [0.29, 0.717) is 44.6 Å². The first-order valence-corrected chi connectivity index (χ1v) is 12.4. The molecule has 3 heterocycles. The molecule has 0 saturated carbocycles. The van der Waals surface area contributed by atoms with Gasteiger partial charge in [0.05, 0.1) is 42.3 Å². The number of carbonyl (C=O) groups is 1. The number of methoxy groups -OCH3 is 2. The number of pyridine rings is 2. The van der Waals surface area contributed by atoms with E-state index in [1.807, 2.05) is 36.4 Å². The van der Waals surface area contributed by atoms with E-state index in [1.165, 1.54) is 14.2 Å². The van der Waals surface area contributed by atoms with Crippen LogP contribution in [-0.2, 0) is 4.79 Å². The highest BCUT2D eigenvalue weighted by atomic mass is 16.5. The maximum absolute atomic E-state index is 13.8. The Hall–Kier alpha value is -4.89. The van der Waals surface area contributed by atoms with Gasteiger partial charge >= 0.3 is 0 Å². The van der Waals surface area contributed by atoms with Crippen LogP contribution in [0.15, 0.2) is 77.7 Å². The van der Waals surface area contributed by atoms with Gasteiger partial charge in [0.25, 0.3) is 11.5 Å². The van der Waals surface area contributed by atoms with Gasteiger partial charge in [-0.2, -0.15) is 0 Å². The molecule has 0 unspecified atom stereocenters. The van der Waals surface area contributed by atoms with Crippen molar-refractivity contribution in [3.63, 3.8) is 0 Å². The van der Waals surface area contributed by atoms with Crippen LogP contribution in [-0.4, -0.2) is 47.8 Å². The van der Waals surface area contributed by atoms with Crippen LogP contribution in [0.1, 0.15) is 11.7 Å². The summed E-state index contributed by atoms with van der Waals surface area (Å²) in [6.45, 7) is -0.148. The zero-order valence-electron chi connectivity index (χ0n) is 21.3. The number of aliphatic hydroxyl groups excluding tert-OH is 1. The van der Waals surface area contributed by atoms with E-state index >= 15 is 0 Å². The summed E-state index contributed by atoms with van der Waals surface area (Å²) in [7, 11) is 3.03. The average Bonchev–Trinajstić information content (AvgIpc) is 3.31. The number of ether oxygens (including phenoxy) is 3. The highest BCUT2D eigenvalue weighted by molar-refractivity contribution is 6.19. The third-order valence-electron chi connectivity index (χ3n) is 6.91. The molecule has 196 valence electrons. The first-order chi connectivity index (χ1) is 19.0. The van der Waals surface area contributed by atoms with Gasteiger partial charge in [0.2, 0.25) is 0 Å². The standard InChI is InChI=1S/C30H25N3O6/c1-37-24-11-9-20-26(29(24)38-2)30(36)33-22-10-8-18(14-21(22)19-12-13-31-27(20)28(19)33)39-16-25(35)32-15-23(34)17-6-4-3-5-7-17/h3-14,23,34H,15-16H2,1-2H3,(H,32,35)/t23-/m0/s1. The fraction of sp³-hybridized carbons (Fsp3) is 0.167. The highest BCUT2D eigenvalue weighted by Crippen LogP contribution is 2.39. The van der Waals surface area contributed by atoms with Crippen LogP contribution in [0.4, 0.5) is 0 Å². The van der Waals surface area contributed by atoms with Gasteiger partial charge in [-0.25, -0.2) is 0 Å². The monoisotopic (exact) mass is 523 g/mol. The molecule has 3 aromatic carbocycles. The number of hydrogen-bond acceptors (Lipinski definition) is 7. The molecule has 39 heavy (non-hydrogen) atoms. The zero-order valence-corrected chi connectivity index (χ0v) is 21.3. The second-order valence-electron chi connectivity index (χ2n) is 9.12. The predicted molar refractivity (Wildman–Crippen MR) is 148 cm³/mol. The average molecular weight is 524 g/mol. The van der Waals surface area contributed by atoms with Crippen LogP contribution in [0.2, 0.25) is 0 Å². The maximum Gasteiger partial charge on any atom is 0.267 e. The molecule has 0 aliphatic carbocycles. The normalized spacial score (nSPS) is 12.3. The highest BCUT2D eigenvalue weighted by Gasteiger charge is 2.22. The lowest BCUT2D eigenvalue weighted by molar-refractivity contribution is -0.123. The summed E-state index contributed by atoms with van der Waals surface area (Å²) in [5.74, 6) is 0.933.